The van der Waals surface area contributed by atoms with Gasteiger partial charge in [0.2, 0.25) is 0 Å². The fourth-order valence-corrected chi connectivity index (χ4v) is 0. The van der Waals surface area contributed by atoms with E-state index < -0.39 is 0 Å². The smallest absolute Gasteiger partial charge is 0.142 e. The van der Waals surface area contributed by atoms with Gasteiger partial charge in [-0.3, -0.25) is 4.79 Å². The number of ether oxygens (including phenoxy) is 1. The lowest BCUT2D eigenvalue weighted by Crippen LogP contribution is -1.54. The minimum absolute atomic E-state index is 0.639. The highest BCUT2D eigenvalue weighted by Crippen LogP contribution is 1.52. The quantitative estimate of drug-likeness (QED) is 0.306. The van der Waals surface area contributed by atoms with Crippen LogP contribution < -0.4 is 0 Å². The van der Waals surface area contributed by atoms with Crippen LogP contribution in [0.2, 0.25) is 0 Å². The lowest BCUT2D eigenvalue weighted by Gasteiger charge is -1.73. The SMILES string of the molecule is C=CC=O.C=COC. The molecule has 0 amide bonds. The van der Waals surface area contributed by atoms with Gasteiger partial charge in [0.1, 0.15) is 6.29 Å². The first-order valence-electron chi connectivity index (χ1n) is 2.03. The molecule has 0 fully saturated rings. The third-order valence-corrected chi connectivity index (χ3v) is 0.263. The lowest BCUT2D eigenvalue weighted by molar-refractivity contribution is -0.104. The summed E-state index contributed by atoms with van der Waals surface area (Å²) >= 11 is 0. The molecule has 46 valence electrons. The van der Waals surface area contributed by atoms with Crippen molar-refractivity contribution in [1.29, 1.82) is 0 Å². The molecule has 2 nitrogen and oxygen atoms in total. The largest absolute Gasteiger partial charge is 0.505 e. The second-order valence-corrected chi connectivity index (χ2v) is 0.774. The molecule has 0 aliphatic heterocycles. The highest BCUT2D eigenvalue weighted by Gasteiger charge is 1.38. The molecule has 0 aromatic rings. The van der Waals surface area contributed by atoms with Gasteiger partial charge < -0.3 is 4.74 Å². The van der Waals surface area contributed by atoms with E-state index in [0.29, 0.717) is 6.29 Å². The molecule has 0 radical (unpaired) electrons. The maximum atomic E-state index is 9.06. The Morgan fingerprint density at radius 1 is 1.50 bits per heavy atom. The summed E-state index contributed by atoms with van der Waals surface area (Å²) in [6.45, 7) is 6.37. The zero-order chi connectivity index (χ0) is 6.83. The number of allylic oxidation sites excluding steroid dienone is 1. The van der Waals surface area contributed by atoms with E-state index in [1.807, 2.05) is 0 Å². The highest BCUT2D eigenvalue weighted by molar-refractivity contribution is 5.63. The Morgan fingerprint density at radius 2 is 1.75 bits per heavy atom. The summed E-state index contributed by atoms with van der Waals surface area (Å²) in [4.78, 5) is 9.06. The van der Waals surface area contributed by atoms with Crippen molar-refractivity contribution in [1.82, 2.24) is 0 Å². The fraction of sp³-hybridized carbons (Fsp3) is 0.167. The number of carbonyl (C=O) groups is 1. The molecule has 0 bridgehead atoms. The van der Waals surface area contributed by atoms with Gasteiger partial charge in [-0.05, 0) is 6.08 Å². The summed E-state index contributed by atoms with van der Waals surface area (Å²) in [6.07, 6.45) is 3.21. The molecule has 0 saturated carbocycles. The van der Waals surface area contributed by atoms with E-state index in [1.54, 1.807) is 7.11 Å². The number of aldehydes is 1. The number of methoxy groups -OCH3 is 1. The average molecular weight is 114 g/mol. The Balaban J connectivity index is 0. The summed E-state index contributed by atoms with van der Waals surface area (Å²) in [6, 6.07) is 0. The third-order valence-electron chi connectivity index (χ3n) is 0.263. The number of rotatable bonds is 2. The second-order valence-electron chi connectivity index (χ2n) is 0.774. The van der Waals surface area contributed by atoms with Crippen LogP contribution in [-0.4, -0.2) is 13.4 Å². The van der Waals surface area contributed by atoms with E-state index in [4.69, 9.17) is 4.79 Å². The fourth-order valence-electron chi connectivity index (χ4n) is 0. The van der Waals surface area contributed by atoms with Gasteiger partial charge >= 0.3 is 0 Å². The first-order valence-corrected chi connectivity index (χ1v) is 2.03. The minimum atomic E-state index is 0.639. The van der Waals surface area contributed by atoms with Crippen LogP contribution >= 0.6 is 0 Å². The highest BCUT2D eigenvalue weighted by atomic mass is 16.5. The summed E-state index contributed by atoms with van der Waals surface area (Å²) in [7, 11) is 1.56. The summed E-state index contributed by atoms with van der Waals surface area (Å²) < 4.78 is 4.31. The van der Waals surface area contributed by atoms with Crippen molar-refractivity contribution < 1.29 is 9.53 Å². The second kappa shape index (κ2) is 16.8. The van der Waals surface area contributed by atoms with Crippen LogP contribution in [0.25, 0.3) is 0 Å². The minimum Gasteiger partial charge on any atom is -0.505 e. The predicted octanol–water partition coefficient (Wildman–Crippen LogP) is 1.15. The van der Waals surface area contributed by atoms with Crippen LogP contribution in [0.4, 0.5) is 0 Å². The maximum Gasteiger partial charge on any atom is 0.142 e. The molecule has 0 rings (SSSR count). The van der Waals surface area contributed by atoms with Crippen molar-refractivity contribution in [3.8, 4) is 0 Å². The standard InChI is InChI=1S/C3H6O.C3H4O/c1-3-4-2;1-2-3-4/h3H,1H2,2H3;2-3H,1H2. The summed E-state index contributed by atoms with van der Waals surface area (Å²) in [5.41, 5.74) is 0. The van der Waals surface area contributed by atoms with E-state index in [-0.39, 0.29) is 0 Å². The van der Waals surface area contributed by atoms with Gasteiger partial charge in [0.05, 0.1) is 13.4 Å². The summed E-state index contributed by atoms with van der Waals surface area (Å²) in [5, 5.41) is 0. The lowest BCUT2D eigenvalue weighted by atomic mass is 10.8. The average Bonchev–Trinajstić information content (AvgIpc) is 1.88. The predicted molar refractivity (Wildman–Crippen MR) is 33.5 cm³/mol. The van der Waals surface area contributed by atoms with Gasteiger partial charge in [0.25, 0.3) is 0 Å². The van der Waals surface area contributed by atoms with Gasteiger partial charge in [0.15, 0.2) is 0 Å². The van der Waals surface area contributed by atoms with Gasteiger partial charge in [-0.25, -0.2) is 0 Å². The molecule has 0 aliphatic rings. The first kappa shape index (κ1) is 10.0. The Labute approximate surface area is 49.5 Å². The Bertz CT molecular complexity index is 60.9. The van der Waals surface area contributed by atoms with Crippen molar-refractivity contribution in [2.24, 2.45) is 0 Å². The molecule has 0 N–H and O–H groups in total. The molecular weight excluding hydrogens is 104 g/mol. The molecular formula is C6H10O2. The van der Waals surface area contributed by atoms with E-state index in [1.165, 1.54) is 12.3 Å². The molecule has 0 spiro atoms. The van der Waals surface area contributed by atoms with Crippen molar-refractivity contribution in [3.63, 3.8) is 0 Å². The monoisotopic (exact) mass is 114 g/mol. The molecule has 0 unspecified atom stereocenters. The molecule has 0 heterocycles. The maximum absolute atomic E-state index is 9.06. The van der Waals surface area contributed by atoms with Crippen LogP contribution in [0.3, 0.4) is 0 Å². The number of hydrogen-bond acceptors (Lipinski definition) is 2. The Hall–Kier alpha value is -1.05. The molecule has 0 aromatic carbocycles. The van der Waals surface area contributed by atoms with Crippen molar-refractivity contribution in [2.45, 2.75) is 0 Å². The number of hydrogen-bond donors (Lipinski definition) is 0. The molecule has 8 heavy (non-hydrogen) atoms. The van der Waals surface area contributed by atoms with E-state index in [9.17, 15) is 0 Å². The van der Waals surface area contributed by atoms with Gasteiger partial charge in [-0.2, -0.15) is 0 Å². The van der Waals surface area contributed by atoms with E-state index >= 15 is 0 Å². The van der Waals surface area contributed by atoms with Crippen LogP contribution in [0.15, 0.2) is 25.5 Å². The van der Waals surface area contributed by atoms with E-state index in [0.717, 1.165) is 0 Å². The third kappa shape index (κ3) is 85.6. The zero-order valence-electron chi connectivity index (χ0n) is 4.96. The Kier molecular flexibility index (Phi) is 21.0. The molecule has 0 aliphatic carbocycles. The number of carbonyl (C=O) groups excluding carboxylic acids is 1. The van der Waals surface area contributed by atoms with Gasteiger partial charge in [0, 0.05) is 0 Å². The topological polar surface area (TPSA) is 26.3 Å². The molecule has 0 saturated heterocycles. The van der Waals surface area contributed by atoms with Gasteiger partial charge in [-0.1, -0.05) is 13.2 Å². The van der Waals surface area contributed by atoms with E-state index in [2.05, 4.69) is 17.9 Å². The van der Waals surface area contributed by atoms with Crippen molar-refractivity contribution in [2.75, 3.05) is 7.11 Å². The molecule has 0 aromatic heterocycles. The normalized spacial score (nSPS) is 5.12. The Morgan fingerprint density at radius 3 is 1.75 bits per heavy atom. The zero-order valence-corrected chi connectivity index (χ0v) is 4.96. The summed E-state index contributed by atoms with van der Waals surface area (Å²) in [5.74, 6) is 0. The van der Waals surface area contributed by atoms with Crippen molar-refractivity contribution >= 4 is 6.29 Å². The van der Waals surface area contributed by atoms with Gasteiger partial charge in [-0.15, -0.1) is 0 Å². The van der Waals surface area contributed by atoms with Crippen molar-refractivity contribution in [3.05, 3.63) is 25.5 Å². The molecule has 0 atom stereocenters. The van der Waals surface area contributed by atoms with Crippen LogP contribution in [0.1, 0.15) is 0 Å². The molecule has 2 heteroatoms. The first-order chi connectivity index (χ1) is 3.83. The van der Waals surface area contributed by atoms with Crippen LogP contribution in [0, 0.1) is 0 Å². The van der Waals surface area contributed by atoms with Crippen LogP contribution in [0.5, 0.6) is 0 Å². The van der Waals surface area contributed by atoms with Crippen LogP contribution in [-0.2, 0) is 9.53 Å².